The van der Waals surface area contributed by atoms with E-state index in [-0.39, 0.29) is 5.91 Å². The molecule has 0 unspecified atom stereocenters. The van der Waals surface area contributed by atoms with Crippen molar-refractivity contribution in [3.63, 3.8) is 0 Å². The maximum Gasteiger partial charge on any atom is 0.258 e. The van der Waals surface area contributed by atoms with Crippen molar-refractivity contribution in [3.05, 3.63) is 103 Å². The van der Waals surface area contributed by atoms with Crippen LogP contribution in [0.3, 0.4) is 0 Å². The van der Waals surface area contributed by atoms with Crippen molar-refractivity contribution in [1.82, 2.24) is 9.97 Å². The molecule has 0 spiro atoms. The summed E-state index contributed by atoms with van der Waals surface area (Å²) in [6.45, 7) is 0.494. The fourth-order valence-corrected chi connectivity index (χ4v) is 2.92. The predicted octanol–water partition coefficient (Wildman–Crippen LogP) is 4.48. The zero-order chi connectivity index (χ0) is 17.8. The highest BCUT2D eigenvalue weighted by atomic mass is 16.2. The van der Waals surface area contributed by atoms with E-state index in [1.54, 1.807) is 11.1 Å². The number of nitrogens with zero attached hydrogens (tertiary/aromatic N) is 3. The first-order valence-corrected chi connectivity index (χ1v) is 8.42. The number of carbonyl (C=O) groups is 1. The SMILES string of the molecule is O=C(c1ccccc1)N(Cc1ccccc1)c1ccc2ncncc2c1. The standard InChI is InChI=1S/C22H17N3O/c26-22(18-9-5-2-6-10-18)25(15-17-7-3-1-4-8-17)20-11-12-21-19(13-20)14-23-16-24-21/h1-14,16H,15H2. The fraction of sp³-hybridized carbons (Fsp3) is 0.0455. The molecule has 0 N–H and O–H groups in total. The Labute approximate surface area is 151 Å². The van der Waals surface area contributed by atoms with E-state index in [4.69, 9.17) is 0 Å². The molecule has 0 saturated carbocycles. The maximum atomic E-state index is 13.2. The quantitative estimate of drug-likeness (QED) is 0.551. The molecule has 126 valence electrons. The summed E-state index contributed by atoms with van der Waals surface area (Å²) in [6, 6.07) is 25.1. The molecule has 0 bridgehead atoms. The van der Waals surface area contributed by atoms with Crippen LogP contribution >= 0.6 is 0 Å². The second-order valence-electron chi connectivity index (χ2n) is 6.01. The maximum absolute atomic E-state index is 13.2. The lowest BCUT2D eigenvalue weighted by Crippen LogP contribution is -2.30. The minimum atomic E-state index is -0.0364. The third-order valence-corrected chi connectivity index (χ3v) is 4.25. The third-order valence-electron chi connectivity index (χ3n) is 4.25. The van der Waals surface area contributed by atoms with Crippen LogP contribution in [0.25, 0.3) is 10.9 Å². The molecular weight excluding hydrogens is 322 g/mol. The molecule has 4 rings (SSSR count). The van der Waals surface area contributed by atoms with E-state index >= 15 is 0 Å². The first-order valence-electron chi connectivity index (χ1n) is 8.42. The van der Waals surface area contributed by atoms with Gasteiger partial charge in [0.2, 0.25) is 0 Å². The molecule has 0 aliphatic rings. The Morgan fingerprint density at radius 1 is 0.885 bits per heavy atom. The zero-order valence-electron chi connectivity index (χ0n) is 14.1. The second-order valence-corrected chi connectivity index (χ2v) is 6.01. The van der Waals surface area contributed by atoms with Crippen LogP contribution in [0.5, 0.6) is 0 Å². The monoisotopic (exact) mass is 339 g/mol. The van der Waals surface area contributed by atoms with Gasteiger partial charge in [-0.3, -0.25) is 4.79 Å². The van der Waals surface area contributed by atoms with E-state index in [9.17, 15) is 4.79 Å². The minimum Gasteiger partial charge on any atom is -0.304 e. The van der Waals surface area contributed by atoms with Gasteiger partial charge in [-0.2, -0.15) is 0 Å². The number of carbonyl (C=O) groups excluding carboxylic acids is 1. The number of hydrogen-bond acceptors (Lipinski definition) is 3. The molecule has 0 aliphatic carbocycles. The fourth-order valence-electron chi connectivity index (χ4n) is 2.92. The number of fused-ring (bicyclic) bond motifs is 1. The zero-order valence-corrected chi connectivity index (χ0v) is 14.1. The largest absolute Gasteiger partial charge is 0.304 e. The van der Waals surface area contributed by atoms with Crippen LogP contribution in [-0.4, -0.2) is 15.9 Å². The molecule has 0 saturated heterocycles. The molecule has 1 heterocycles. The van der Waals surface area contributed by atoms with E-state index in [0.29, 0.717) is 12.1 Å². The Balaban J connectivity index is 1.77. The number of aromatic nitrogens is 2. The summed E-state index contributed by atoms with van der Waals surface area (Å²) in [5, 5.41) is 0.906. The van der Waals surface area contributed by atoms with Gasteiger partial charge in [-0.25, -0.2) is 9.97 Å². The van der Waals surface area contributed by atoms with Crippen LogP contribution < -0.4 is 4.90 Å². The van der Waals surface area contributed by atoms with E-state index in [1.807, 2.05) is 78.9 Å². The van der Waals surface area contributed by atoms with Gasteiger partial charge in [0.25, 0.3) is 5.91 Å². The molecule has 1 amide bonds. The topological polar surface area (TPSA) is 46.1 Å². The Morgan fingerprint density at radius 2 is 1.62 bits per heavy atom. The molecule has 3 aromatic carbocycles. The number of hydrogen-bond donors (Lipinski definition) is 0. The van der Waals surface area contributed by atoms with E-state index in [2.05, 4.69) is 9.97 Å². The molecule has 4 aromatic rings. The van der Waals surface area contributed by atoms with Crippen LogP contribution in [-0.2, 0) is 6.54 Å². The first kappa shape index (κ1) is 16.0. The highest BCUT2D eigenvalue weighted by molar-refractivity contribution is 6.06. The second kappa shape index (κ2) is 7.15. The Bertz CT molecular complexity index is 1030. The summed E-state index contributed by atoms with van der Waals surface area (Å²) in [6.07, 6.45) is 3.29. The number of rotatable bonds is 4. The van der Waals surface area contributed by atoms with Crippen molar-refractivity contribution >= 4 is 22.5 Å². The van der Waals surface area contributed by atoms with Crippen molar-refractivity contribution in [2.75, 3.05) is 4.90 Å². The summed E-state index contributed by atoms with van der Waals surface area (Å²) in [5.41, 5.74) is 3.41. The van der Waals surface area contributed by atoms with Gasteiger partial charge < -0.3 is 4.90 Å². The van der Waals surface area contributed by atoms with Gasteiger partial charge in [0.1, 0.15) is 6.33 Å². The average molecular weight is 339 g/mol. The third kappa shape index (κ3) is 3.30. The molecule has 26 heavy (non-hydrogen) atoms. The lowest BCUT2D eigenvalue weighted by Gasteiger charge is -2.23. The van der Waals surface area contributed by atoms with Crippen LogP contribution in [0.15, 0.2) is 91.4 Å². The molecule has 4 heteroatoms. The highest BCUT2D eigenvalue weighted by Gasteiger charge is 2.18. The van der Waals surface area contributed by atoms with Gasteiger partial charge in [0, 0.05) is 22.8 Å². The molecule has 0 aliphatic heterocycles. The van der Waals surface area contributed by atoms with Crippen molar-refractivity contribution in [2.24, 2.45) is 0 Å². The Kier molecular flexibility index (Phi) is 4.39. The lowest BCUT2D eigenvalue weighted by molar-refractivity contribution is 0.0985. The van der Waals surface area contributed by atoms with E-state index in [1.165, 1.54) is 6.33 Å². The summed E-state index contributed by atoms with van der Waals surface area (Å²) in [5.74, 6) is -0.0364. The number of benzene rings is 3. The minimum absolute atomic E-state index is 0.0364. The smallest absolute Gasteiger partial charge is 0.258 e. The molecule has 1 aromatic heterocycles. The lowest BCUT2D eigenvalue weighted by atomic mass is 10.1. The van der Waals surface area contributed by atoms with Crippen LogP contribution in [0.2, 0.25) is 0 Å². The van der Waals surface area contributed by atoms with Crippen molar-refractivity contribution in [2.45, 2.75) is 6.54 Å². The van der Waals surface area contributed by atoms with Crippen molar-refractivity contribution in [3.8, 4) is 0 Å². The Morgan fingerprint density at radius 3 is 2.38 bits per heavy atom. The van der Waals surface area contributed by atoms with Crippen LogP contribution in [0.4, 0.5) is 5.69 Å². The number of anilines is 1. The molecule has 0 fully saturated rings. The van der Waals surface area contributed by atoms with E-state index < -0.39 is 0 Å². The summed E-state index contributed by atoms with van der Waals surface area (Å²) >= 11 is 0. The van der Waals surface area contributed by atoms with Gasteiger partial charge in [0.05, 0.1) is 12.1 Å². The van der Waals surface area contributed by atoms with Gasteiger partial charge in [0.15, 0.2) is 0 Å². The average Bonchev–Trinajstić information content (AvgIpc) is 2.72. The summed E-state index contributed by atoms with van der Waals surface area (Å²) < 4.78 is 0. The number of amides is 1. The first-order chi connectivity index (χ1) is 12.8. The van der Waals surface area contributed by atoms with Gasteiger partial charge in [-0.1, -0.05) is 48.5 Å². The summed E-state index contributed by atoms with van der Waals surface area (Å²) in [7, 11) is 0. The van der Waals surface area contributed by atoms with Gasteiger partial charge >= 0.3 is 0 Å². The van der Waals surface area contributed by atoms with Crippen LogP contribution in [0.1, 0.15) is 15.9 Å². The highest BCUT2D eigenvalue weighted by Crippen LogP contribution is 2.24. The van der Waals surface area contributed by atoms with Crippen molar-refractivity contribution < 1.29 is 4.79 Å². The molecular formula is C22H17N3O. The van der Waals surface area contributed by atoms with Crippen molar-refractivity contribution in [1.29, 1.82) is 0 Å². The molecule has 0 radical (unpaired) electrons. The van der Waals surface area contributed by atoms with Gasteiger partial charge in [-0.15, -0.1) is 0 Å². The van der Waals surface area contributed by atoms with Gasteiger partial charge in [-0.05, 0) is 35.9 Å². The summed E-state index contributed by atoms with van der Waals surface area (Å²) in [4.78, 5) is 23.3. The van der Waals surface area contributed by atoms with E-state index in [0.717, 1.165) is 22.2 Å². The molecule has 0 atom stereocenters. The normalized spacial score (nSPS) is 10.6. The Hall–Kier alpha value is -3.53. The van der Waals surface area contributed by atoms with Crippen LogP contribution in [0, 0.1) is 0 Å². The predicted molar refractivity (Wildman–Crippen MR) is 103 cm³/mol. The molecule has 4 nitrogen and oxygen atoms in total.